The third-order valence-electron chi connectivity index (χ3n) is 11.7. The van der Waals surface area contributed by atoms with Crippen LogP contribution < -0.4 is 4.90 Å². The molecule has 284 valence electrons. The Morgan fingerprint density at radius 2 is 0.550 bits per heavy atom. The average Bonchev–Trinajstić information content (AvgIpc) is 3.33. The van der Waals surface area contributed by atoms with E-state index in [-0.39, 0.29) is 0 Å². The standard InChI is InChI=1S/C59H43N/c1-42-24-41-58(59-54(42)22-13-23-57(59)48-18-9-4-10-19-48)50-33-39-53(40-34-50)60(51-35-29-45(30-36-51)43-14-5-2-6-15-43)52-37-31-46(32-38-52)44-25-27-49(28-26-44)56-21-12-11-20-55(56)47-16-7-3-8-17-47/h2-41H,1H3. The number of anilines is 3. The van der Waals surface area contributed by atoms with Crippen molar-refractivity contribution in [3.63, 3.8) is 0 Å². The van der Waals surface area contributed by atoms with Crippen molar-refractivity contribution in [3.8, 4) is 66.8 Å². The van der Waals surface area contributed by atoms with Gasteiger partial charge in [-0.1, -0.05) is 206 Å². The summed E-state index contributed by atoms with van der Waals surface area (Å²) in [6, 6.07) is 87.7. The lowest BCUT2D eigenvalue weighted by Crippen LogP contribution is -2.09. The minimum atomic E-state index is 1.10. The SMILES string of the molecule is Cc1ccc(-c2ccc(N(c3ccc(-c4ccccc4)cc3)c3ccc(-c4ccc(-c5ccccc5-c5ccccc5)cc4)cc3)cc2)c2c(-c3ccccc3)cccc12. The van der Waals surface area contributed by atoms with Gasteiger partial charge in [-0.2, -0.15) is 0 Å². The Morgan fingerprint density at radius 1 is 0.233 bits per heavy atom. The quantitative estimate of drug-likeness (QED) is 0.141. The van der Waals surface area contributed by atoms with E-state index < -0.39 is 0 Å². The first-order valence-electron chi connectivity index (χ1n) is 20.7. The predicted molar refractivity (Wildman–Crippen MR) is 256 cm³/mol. The summed E-state index contributed by atoms with van der Waals surface area (Å²) in [6.45, 7) is 2.21. The van der Waals surface area contributed by atoms with Crippen LogP contribution in [0.4, 0.5) is 17.1 Å². The molecule has 0 aromatic heterocycles. The van der Waals surface area contributed by atoms with Gasteiger partial charge in [-0.25, -0.2) is 0 Å². The lowest BCUT2D eigenvalue weighted by molar-refractivity contribution is 1.28. The van der Waals surface area contributed by atoms with E-state index in [0.717, 1.165) is 17.1 Å². The Labute approximate surface area is 353 Å². The summed E-state index contributed by atoms with van der Waals surface area (Å²) in [7, 11) is 0. The molecule has 10 rings (SSSR count). The van der Waals surface area contributed by atoms with Gasteiger partial charge in [0, 0.05) is 17.1 Å². The topological polar surface area (TPSA) is 3.24 Å². The summed E-state index contributed by atoms with van der Waals surface area (Å²) in [4.78, 5) is 2.36. The Bertz CT molecular complexity index is 3020. The largest absolute Gasteiger partial charge is 0.311 e. The molecular formula is C59H43N. The highest BCUT2D eigenvalue weighted by atomic mass is 15.1. The molecule has 10 aromatic carbocycles. The van der Waals surface area contributed by atoms with Crippen molar-refractivity contribution < 1.29 is 0 Å². The van der Waals surface area contributed by atoms with E-state index in [1.165, 1.54) is 83.1 Å². The summed E-state index contributed by atoms with van der Waals surface area (Å²) in [5, 5.41) is 2.57. The van der Waals surface area contributed by atoms with Crippen LogP contribution in [0.25, 0.3) is 77.5 Å². The maximum absolute atomic E-state index is 2.36. The number of hydrogen-bond acceptors (Lipinski definition) is 1. The molecule has 0 N–H and O–H groups in total. The number of benzene rings is 10. The van der Waals surface area contributed by atoms with Gasteiger partial charge in [0.2, 0.25) is 0 Å². The molecule has 0 heterocycles. The van der Waals surface area contributed by atoms with Crippen LogP contribution in [0.3, 0.4) is 0 Å². The Hall–Kier alpha value is -7.74. The van der Waals surface area contributed by atoms with Gasteiger partial charge in [0.1, 0.15) is 0 Å². The van der Waals surface area contributed by atoms with Crippen LogP contribution in [0.2, 0.25) is 0 Å². The first kappa shape index (κ1) is 36.6. The van der Waals surface area contributed by atoms with Gasteiger partial charge in [0.05, 0.1) is 0 Å². The summed E-state index contributed by atoms with van der Waals surface area (Å²) in [5.74, 6) is 0. The molecule has 1 nitrogen and oxygen atoms in total. The third kappa shape index (κ3) is 7.19. The second kappa shape index (κ2) is 16.3. The summed E-state index contributed by atoms with van der Waals surface area (Å²) in [6.07, 6.45) is 0. The van der Waals surface area contributed by atoms with E-state index in [2.05, 4.69) is 254 Å². The summed E-state index contributed by atoms with van der Waals surface area (Å²) in [5.41, 5.74) is 19.2. The molecule has 10 aromatic rings. The number of aryl methyl sites for hydroxylation is 1. The Kier molecular flexibility index (Phi) is 9.91. The highest BCUT2D eigenvalue weighted by molar-refractivity contribution is 6.07. The molecular weight excluding hydrogens is 723 g/mol. The monoisotopic (exact) mass is 765 g/mol. The molecule has 0 atom stereocenters. The lowest BCUT2D eigenvalue weighted by atomic mass is 9.89. The highest BCUT2D eigenvalue weighted by Gasteiger charge is 2.16. The van der Waals surface area contributed by atoms with Gasteiger partial charge in [-0.3, -0.25) is 0 Å². The van der Waals surface area contributed by atoms with E-state index in [9.17, 15) is 0 Å². The van der Waals surface area contributed by atoms with Gasteiger partial charge in [-0.15, -0.1) is 0 Å². The molecule has 1 heteroatoms. The zero-order valence-corrected chi connectivity index (χ0v) is 33.5. The molecule has 0 bridgehead atoms. The second-order valence-corrected chi connectivity index (χ2v) is 15.4. The van der Waals surface area contributed by atoms with E-state index >= 15 is 0 Å². The molecule has 0 saturated carbocycles. The van der Waals surface area contributed by atoms with Gasteiger partial charge in [0.15, 0.2) is 0 Å². The van der Waals surface area contributed by atoms with Crippen LogP contribution in [0.15, 0.2) is 243 Å². The normalized spacial score (nSPS) is 11.1. The van der Waals surface area contributed by atoms with Gasteiger partial charge in [-0.05, 0) is 126 Å². The van der Waals surface area contributed by atoms with Crippen molar-refractivity contribution in [1.29, 1.82) is 0 Å². The number of fused-ring (bicyclic) bond motifs is 1. The van der Waals surface area contributed by atoms with E-state index in [1.807, 2.05) is 0 Å². The van der Waals surface area contributed by atoms with E-state index in [0.29, 0.717) is 0 Å². The molecule has 0 aliphatic rings. The fraction of sp³-hybridized carbons (Fsp3) is 0.0169. The lowest BCUT2D eigenvalue weighted by Gasteiger charge is -2.26. The van der Waals surface area contributed by atoms with Gasteiger partial charge in [0.25, 0.3) is 0 Å². The zero-order chi connectivity index (χ0) is 40.3. The van der Waals surface area contributed by atoms with E-state index in [1.54, 1.807) is 0 Å². The highest BCUT2D eigenvalue weighted by Crippen LogP contribution is 2.41. The van der Waals surface area contributed by atoms with Gasteiger partial charge < -0.3 is 4.90 Å². The fourth-order valence-electron chi connectivity index (χ4n) is 8.57. The first-order chi connectivity index (χ1) is 29.7. The molecule has 0 amide bonds. The zero-order valence-electron chi connectivity index (χ0n) is 33.5. The van der Waals surface area contributed by atoms with Crippen LogP contribution in [0, 0.1) is 6.92 Å². The molecule has 0 saturated heterocycles. The average molecular weight is 766 g/mol. The van der Waals surface area contributed by atoms with Crippen LogP contribution in [0.5, 0.6) is 0 Å². The van der Waals surface area contributed by atoms with Crippen LogP contribution in [0.1, 0.15) is 5.56 Å². The minimum Gasteiger partial charge on any atom is -0.311 e. The van der Waals surface area contributed by atoms with Crippen LogP contribution >= 0.6 is 0 Å². The third-order valence-corrected chi connectivity index (χ3v) is 11.7. The molecule has 60 heavy (non-hydrogen) atoms. The van der Waals surface area contributed by atoms with Crippen LogP contribution in [-0.4, -0.2) is 0 Å². The Morgan fingerprint density at radius 3 is 1.05 bits per heavy atom. The molecule has 0 fully saturated rings. The smallest absolute Gasteiger partial charge is 0.0462 e. The predicted octanol–water partition coefficient (Wildman–Crippen LogP) is 16.6. The molecule has 0 aliphatic heterocycles. The Balaban J connectivity index is 1.00. The molecule has 0 unspecified atom stereocenters. The number of rotatable bonds is 9. The summed E-state index contributed by atoms with van der Waals surface area (Å²) >= 11 is 0. The molecule has 0 spiro atoms. The maximum Gasteiger partial charge on any atom is 0.0462 e. The van der Waals surface area contributed by atoms with Crippen molar-refractivity contribution >= 4 is 27.8 Å². The maximum atomic E-state index is 2.36. The van der Waals surface area contributed by atoms with Crippen LogP contribution in [-0.2, 0) is 0 Å². The van der Waals surface area contributed by atoms with Crippen molar-refractivity contribution in [1.82, 2.24) is 0 Å². The summed E-state index contributed by atoms with van der Waals surface area (Å²) < 4.78 is 0. The first-order valence-corrected chi connectivity index (χ1v) is 20.7. The van der Waals surface area contributed by atoms with Crippen molar-refractivity contribution in [3.05, 3.63) is 248 Å². The van der Waals surface area contributed by atoms with Crippen molar-refractivity contribution in [2.45, 2.75) is 6.92 Å². The minimum absolute atomic E-state index is 1.10. The molecule has 0 radical (unpaired) electrons. The van der Waals surface area contributed by atoms with Gasteiger partial charge >= 0.3 is 0 Å². The molecule has 0 aliphatic carbocycles. The van der Waals surface area contributed by atoms with Crippen molar-refractivity contribution in [2.24, 2.45) is 0 Å². The fourth-order valence-corrected chi connectivity index (χ4v) is 8.57. The second-order valence-electron chi connectivity index (χ2n) is 15.4. The number of nitrogens with zero attached hydrogens (tertiary/aromatic N) is 1. The number of hydrogen-bond donors (Lipinski definition) is 0. The van der Waals surface area contributed by atoms with Crippen molar-refractivity contribution in [2.75, 3.05) is 4.90 Å². The van der Waals surface area contributed by atoms with E-state index in [4.69, 9.17) is 0 Å².